The van der Waals surface area contributed by atoms with Crippen LogP contribution in [-0.2, 0) is 22.9 Å². The van der Waals surface area contributed by atoms with Crippen LogP contribution in [0.25, 0.3) is 0 Å². The summed E-state index contributed by atoms with van der Waals surface area (Å²) in [5, 5.41) is 11.8. The predicted molar refractivity (Wildman–Crippen MR) is 80.4 cm³/mol. The third kappa shape index (κ3) is 3.72. The molecule has 0 fully saturated rings. The van der Waals surface area contributed by atoms with Gasteiger partial charge in [0.2, 0.25) is 0 Å². The van der Waals surface area contributed by atoms with E-state index in [4.69, 9.17) is 5.26 Å². The van der Waals surface area contributed by atoms with Crippen molar-refractivity contribution in [2.24, 2.45) is 0 Å². The zero-order chi connectivity index (χ0) is 15.3. The van der Waals surface area contributed by atoms with Gasteiger partial charge >= 0.3 is 0 Å². The zero-order valence-electron chi connectivity index (χ0n) is 11.8. The van der Waals surface area contributed by atoms with Crippen LogP contribution in [0, 0.1) is 11.3 Å². The monoisotopic (exact) mass is 303 g/mol. The summed E-state index contributed by atoms with van der Waals surface area (Å²) < 4.78 is 26.5. The molecule has 21 heavy (non-hydrogen) atoms. The lowest BCUT2D eigenvalue weighted by Gasteiger charge is -2.09. The molecule has 2 rings (SSSR count). The van der Waals surface area contributed by atoms with E-state index in [-0.39, 0.29) is 10.6 Å². The van der Waals surface area contributed by atoms with Gasteiger partial charge in [-0.3, -0.25) is 0 Å². The van der Waals surface area contributed by atoms with Crippen molar-refractivity contribution in [3.63, 3.8) is 0 Å². The molecule has 0 radical (unpaired) electrons. The van der Waals surface area contributed by atoms with E-state index in [1.165, 1.54) is 24.3 Å². The number of benzene rings is 1. The van der Waals surface area contributed by atoms with Crippen molar-refractivity contribution in [3.05, 3.63) is 53.9 Å². The summed E-state index contributed by atoms with van der Waals surface area (Å²) in [4.78, 5) is 0.254. The molecule has 1 aromatic carbocycles. The number of nitrogens with zero attached hydrogens (tertiary/aromatic N) is 2. The lowest BCUT2D eigenvalue weighted by atomic mass is 10.2. The second kappa shape index (κ2) is 6.57. The summed E-state index contributed by atoms with van der Waals surface area (Å²) in [6.45, 7) is 1.11. The molecule has 1 N–H and O–H groups in total. The smallest absolute Gasteiger partial charge is 0.180 e. The van der Waals surface area contributed by atoms with Gasteiger partial charge < -0.3 is 9.88 Å². The maximum absolute atomic E-state index is 12.3. The van der Waals surface area contributed by atoms with Crippen molar-refractivity contribution >= 4 is 9.84 Å². The van der Waals surface area contributed by atoms with Crippen LogP contribution in [0.2, 0.25) is 0 Å². The summed E-state index contributed by atoms with van der Waals surface area (Å²) in [5.74, 6) is 0.0320. The molecule has 0 bridgehead atoms. The fraction of sp³-hybridized carbons (Fsp3) is 0.267. The Morgan fingerprint density at radius 3 is 2.57 bits per heavy atom. The Kier molecular flexibility index (Phi) is 4.78. The Balaban J connectivity index is 2.10. The number of nitriles is 1. The normalized spacial score (nSPS) is 11.2. The van der Waals surface area contributed by atoms with E-state index >= 15 is 0 Å². The average molecular weight is 303 g/mol. The van der Waals surface area contributed by atoms with Crippen LogP contribution in [0.3, 0.4) is 0 Å². The first-order chi connectivity index (χ1) is 10.1. The first-order valence-electron chi connectivity index (χ1n) is 6.58. The topological polar surface area (TPSA) is 74.9 Å². The summed E-state index contributed by atoms with van der Waals surface area (Å²) >= 11 is 0. The van der Waals surface area contributed by atoms with E-state index in [1.54, 1.807) is 0 Å². The minimum absolute atomic E-state index is 0.0320. The lowest BCUT2D eigenvalue weighted by molar-refractivity contribution is 0.585. The second-order valence-electron chi connectivity index (χ2n) is 4.68. The number of aryl methyl sites for hydroxylation is 1. The first kappa shape index (κ1) is 15.3. The van der Waals surface area contributed by atoms with Crippen LogP contribution >= 0.6 is 0 Å². The summed E-state index contributed by atoms with van der Waals surface area (Å²) in [7, 11) is -1.49. The van der Waals surface area contributed by atoms with E-state index in [9.17, 15) is 8.42 Å². The lowest BCUT2D eigenvalue weighted by Crippen LogP contribution is -2.16. The number of hydrogen-bond donors (Lipinski definition) is 1. The van der Waals surface area contributed by atoms with Crippen molar-refractivity contribution in [3.8, 4) is 6.07 Å². The van der Waals surface area contributed by atoms with E-state index in [2.05, 4.69) is 5.32 Å². The van der Waals surface area contributed by atoms with E-state index in [0.29, 0.717) is 18.7 Å². The molecule has 0 aliphatic rings. The van der Waals surface area contributed by atoms with E-state index in [1.807, 2.05) is 36.0 Å². The molecule has 5 nitrogen and oxygen atoms in total. The zero-order valence-corrected chi connectivity index (χ0v) is 12.6. The highest BCUT2D eigenvalue weighted by atomic mass is 32.2. The van der Waals surface area contributed by atoms with Crippen LogP contribution in [0.1, 0.15) is 11.3 Å². The molecular weight excluding hydrogens is 286 g/mol. The van der Waals surface area contributed by atoms with Crippen LogP contribution in [-0.4, -0.2) is 25.8 Å². The Hall–Kier alpha value is -2.10. The molecule has 0 saturated carbocycles. The van der Waals surface area contributed by atoms with Crippen molar-refractivity contribution in [1.29, 1.82) is 5.26 Å². The minimum Gasteiger partial charge on any atom is -0.349 e. The minimum atomic E-state index is -3.34. The molecule has 0 saturated heterocycles. The Morgan fingerprint density at radius 2 is 1.95 bits per heavy atom. The first-order valence-corrected chi connectivity index (χ1v) is 8.23. The average Bonchev–Trinajstić information content (AvgIpc) is 2.93. The molecule has 0 amide bonds. The second-order valence-corrected chi connectivity index (χ2v) is 6.79. The van der Waals surface area contributed by atoms with Gasteiger partial charge in [0.25, 0.3) is 0 Å². The summed E-state index contributed by atoms with van der Waals surface area (Å²) in [6, 6.07) is 11.9. The Labute approximate surface area is 124 Å². The van der Waals surface area contributed by atoms with Crippen molar-refractivity contribution in [1.82, 2.24) is 9.88 Å². The van der Waals surface area contributed by atoms with Gasteiger partial charge in [0.05, 0.1) is 22.3 Å². The Morgan fingerprint density at radius 1 is 1.24 bits per heavy atom. The fourth-order valence-corrected chi connectivity index (χ4v) is 3.31. The van der Waals surface area contributed by atoms with E-state index in [0.717, 1.165) is 5.69 Å². The highest BCUT2D eigenvalue weighted by Gasteiger charge is 2.15. The van der Waals surface area contributed by atoms with Gasteiger partial charge in [0.1, 0.15) is 0 Å². The third-order valence-electron chi connectivity index (χ3n) is 3.22. The van der Waals surface area contributed by atoms with Gasteiger partial charge in [-0.1, -0.05) is 0 Å². The predicted octanol–water partition coefficient (Wildman–Crippen LogP) is 1.55. The molecule has 0 unspecified atom stereocenters. The van der Waals surface area contributed by atoms with E-state index < -0.39 is 9.84 Å². The summed E-state index contributed by atoms with van der Waals surface area (Å²) in [5.41, 5.74) is 1.50. The van der Waals surface area contributed by atoms with Gasteiger partial charge in [-0.05, 0) is 43.4 Å². The van der Waals surface area contributed by atoms with Crippen molar-refractivity contribution in [2.75, 3.05) is 12.8 Å². The SMILES string of the molecule is CNCc1cccn1CCS(=O)(=O)c1ccc(C#N)cc1. The number of hydrogen-bond acceptors (Lipinski definition) is 4. The molecule has 1 heterocycles. The maximum Gasteiger partial charge on any atom is 0.180 e. The van der Waals surface area contributed by atoms with Crippen LogP contribution < -0.4 is 5.32 Å². The third-order valence-corrected chi connectivity index (χ3v) is 4.94. The number of aromatic nitrogens is 1. The Bertz CT molecular complexity index is 740. The summed E-state index contributed by atoms with van der Waals surface area (Å²) in [6.07, 6.45) is 1.88. The fourth-order valence-electron chi connectivity index (χ4n) is 2.08. The molecule has 0 aliphatic heterocycles. The van der Waals surface area contributed by atoms with Crippen LogP contribution in [0.5, 0.6) is 0 Å². The molecule has 2 aromatic rings. The van der Waals surface area contributed by atoms with Gasteiger partial charge in [-0.15, -0.1) is 0 Å². The highest BCUT2D eigenvalue weighted by Crippen LogP contribution is 2.13. The standard InChI is InChI=1S/C15H17N3O2S/c1-17-12-14-3-2-8-18(14)9-10-21(19,20)15-6-4-13(11-16)5-7-15/h2-8,17H,9-10,12H2,1H3. The number of sulfone groups is 1. The quantitative estimate of drug-likeness (QED) is 0.878. The highest BCUT2D eigenvalue weighted by molar-refractivity contribution is 7.91. The van der Waals surface area contributed by atoms with Crippen LogP contribution in [0.4, 0.5) is 0 Å². The molecule has 110 valence electrons. The van der Waals surface area contributed by atoms with Gasteiger partial charge in [-0.2, -0.15) is 5.26 Å². The molecule has 0 spiro atoms. The van der Waals surface area contributed by atoms with Gasteiger partial charge in [0, 0.05) is 25.0 Å². The van der Waals surface area contributed by atoms with Crippen LogP contribution in [0.15, 0.2) is 47.5 Å². The number of nitrogens with one attached hydrogen (secondary N) is 1. The number of rotatable bonds is 6. The largest absolute Gasteiger partial charge is 0.349 e. The maximum atomic E-state index is 12.3. The molecule has 0 atom stereocenters. The van der Waals surface area contributed by atoms with Gasteiger partial charge in [0.15, 0.2) is 9.84 Å². The molecule has 0 aliphatic carbocycles. The molecular formula is C15H17N3O2S. The van der Waals surface area contributed by atoms with Gasteiger partial charge in [-0.25, -0.2) is 8.42 Å². The van der Waals surface area contributed by atoms with Crippen molar-refractivity contribution < 1.29 is 8.42 Å². The molecule has 6 heteroatoms. The molecule has 1 aromatic heterocycles. The van der Waals surface area contributed by atoms with Crippen molar-refractivity contribution in [2.45, 2.75) is 18.0 Å².